The van der Waals surface area contributed by atoms with Gasteiger partial charge < -0.3 is 11.1 Å². The molecule has 6 nitrogen and oxygen atoms in total. The molecule has 0 saturated carbocycles. The number of carbonyl (C=O) groups is 1. The quantitative estimate of drug-likeness (QED) is 0.715. The predicted molar refractivity (Wildman–Crippen MR) is 78.7 cm³/mol. The fourth-order valence-corrected chi connectivity index (χ4v) is 2.59. The zero-order chi connectivity index (χ0) is 15.6. The first kappa shape index (κ1) is 16.5. The largest absolute Gasteiger partial charge is 0.399 e. The number of nitrogens with two attached hydrogens (primary N) is 1. The first-order chi connectivity index (χ1) is 9.01. The van der Waals surface area contributed by atoms with Crippen LogP contribution in [0.15, 0.2) is 23.1 Å². The van der Waals surface area contributed by atoms with Crippen LogP contribution in [-0.2, 0) is 14.8 Å². The molecule has 0 fully saturated rings. The first-order valence-electron chi connectivity index (χ1n) is 6.18. The van der Waals surface area contributed by atoms with Gasteiger partial charge in [-0.2, -0.15) is 0 Å². The highest BCUT2D eigenvalue weighted by atomic mass is 32.2. The maximum atomic E-state index is 12.0. The van der Waals surface area contributed by atoms with Gasteiger partial charge in [0, 0.05) is 11.2 Å². The molecule has 1 aromatic rings. The molecule has 4 N–H and O–H groups in total. The van der Waals surface area contributed by atoms with Gasteiger partial charge in [-0.1, -0.05) is 0 Å². The van der Waals surface area contributed by atoms with Crippen molar-refractivity contribution in [3.63, 3.8) is 0 Å². The van der Waals surface area contributed by atoms with Crippen LogP contribution in [-0.4, -0.2) is 26.4 Å². The van der Waals surface area contributed by atoms with Gasteiger partial charge in [-0.15, -0.1) is 0 Å². The second-order valence-electron chi connectivity index (χ2n) is 5.64. The summed E-state index contributed by atoms with van der Waals surface area (Å²) in [6, 6.07) is 4.41. The molecule has 0 aliphatic heterocycles. The van der Waals surface area contributed by atoms with Crippen molar-refractivity contribution < 1.29 is 13.2 Å². The number of sulfonamides is 1. The van der Waals surface area contributed by atoms with Gasteiger partial charge in [0.25, 0.3) is 0 Å². The van der Waals surface area contributed by atoms with E-state index in [1.54, 1.807) is 6.92 Å². The number of hydrogen-bond acceptors (Lipinski definition) is 4. The van der Waals surface area contributed by atoms with Crippen LogP contribution in [0.5, 0.6) is 0 Å². The normalized spacial score (nSPS) is 12.2. The molecule has 0 aliphatic rings. The number of anilines is 1. The lowest BCUT2D eigenvalue weighted by Crippen LogP contribution is -2.45. The van der Waals surface area contributed by atoms with E-state index < -0.39 is 15.6 Å². The molecule has 1 amide bonds. The molecule has 0 bridgehead atoms. The Kier molecular flexibility index (Phi) is 4.77. The lowest BCUT2D eigenvalue weighted by molar-refractivity contribution is -0.121. The van der Waals surface area contributed by atoms with E-state index in [9.17, 15) is 13.2 Å². The number of benzene rings is 1. The van der Waals surface area contributed by atoms with Crippen molar-refractivity contribution in [3.05, 3.63) is 23.8 Å². The Morgan fingerprint density at radius 3 is 2.40 bits per heavy atom. The zero-order valence-electron chi connectivity index (χ0n) is 12.1. The average molecular weight is 299 g/mol. The van der Waals surface area contributed by atoms with Crippen molar-refractivity contribution in [1.29, 1.82) is 0 Å². The maximum absolute atomic E-state index is 12.0. The molecule has 0 radical (unpaired) electrons. The van der Waals surface area contributed by atoms with Gasteiger partial charge in [0.15, 0.2) is 0 Å². The van der Waals surface area contributed by atoms with Crippen LogP contribution in [0, 0.1) is 6.92 Å². The molecule has 112 valence electrons. The molecule has 0 spiro atoms. The van der Waals surface area contributed by atoms with E-state index in [0.29, 0.717) is 11.3 Å². The third-order valence-electron chi connectivity index (χ3n) is 2.49. The van der Waals surface area contributed by atoms with E-state index >= 15 is 0 Å². The van der Waals surface area contributed by atoms with Crippen molar-refractivity contribution in [2.24, 2.45) is 0 Å². The van der Waals surface area contributed by atoms with Gasteiger partial charge in [0.1, 0.15) is 0 Å². The van der Waals surface area contributed by atoms with Crippen LogP contribution < -0.4 is 15.8 Å². The van der Waals surface area contributed by atoms with Crippen LogP contribution in [0.4, 0.5) is 5.69 Å². The summed E-state index contributed by atoms with van der Waals surface area (Å²) in [6.07, 6.45) is 0. The van der Waals surface area contributed by atoms with E-state index in [1.807, 2.05) is 20.8 Å². The SMILES string of the molecule is Cc1cc(S(=O)(=O)NCC(=O)NC(C)(C)C)ccc1N. The topological polar surface area (TPSA) is 101 Å². The molecular formula is C13H21N3O3S. The minimum atomic E-state index is -3.72. The minimum absolute atomic E-state index is 0.0905. The van der Waals surface area contributed by atoms with Gasteiger partial charge in [0.05, 0.1) is 11.4 Å². The van der Waals surface area contributed by atoms with Gasteiger partial charge in [-0.3, -0.25) is 4.79 Å². The van der Waals surface area contributed by atoms with Crippen molar-refractivity contribution in [2.75, 3.05) is 12.3 Å². The number of carbonyl (C=O) groups excluding carboxylic acids is 1. The standard InChI is InChI=1S/C13H21N3O3S/c1-9-7-10(5-6-11(9)14)20(18,19)15-8-12(17)16-13(2,3)4/h5-7,15H,8,14H2,1-4H3,(H,16,17). The van der Waals surface area contributed by atoms with Crippen LogP contribution in [0.3, 0.4) is 0 Å². The highest BCUT2D eigenvalue weighted by molar-refractivity contribution is 7.89. The summed E-state index contributed by atoms with van der Waals surface area (Å²) in [7, 11) is -3.72. The second kappa shape index (κ2) is 5.80. The van der Waals surface area contributed by atoms with E-state index in [-0.39, 0.29) is 17.3 Å². The minimum Gasteiger partial charge on any atom is -0.399 e. The third-order valence-corrected chi connectivity index (χ3v) is 3.89. The summed E-state index contributed by atoms with van der Waals surface area (Å²) < 4.78 is 26.3. The molecule has 0 saturated heterocycles. The summed E-state index contributed by atoms with van der Waals surface area (Å²) in [5.41, 5.74) is 6.44. The number of amides is 1. The second-order valence-corrected chi connectivity index (χ2v) is 7.41. The van der Waals surface area contributed by atoms with E-state index in [1.165, 1.54) is 18.2 Å². The fraction of sp³-hybridized carbons (Fsp3) is 0.462. The monoisotopic (exact) mass is 299 g/mol. The van der Waals surface area contributed by atoms with E-state index in [4.69, 9.17) is 5.73 Å². The van der Waals surface area contributed by atoms with Crippen molar-refractivity contribution in [3.8, 4) is 0 Å². The summed E-state index contributed by atoms with van der Waals surface area (Å²) in [5.74, 6) is -0.381. The lowest BCUT2D eigenvalue weighted by Gasteiger charge is -2.20. The number of nitrogen functional groups attached to an aromatic ring is 1. The Labute approximate surface area is 119 Å². The molecule has 0 aromatic heterocycles. The Bertz CT molecular complexity index is 604. The number of hydrogen-bond donors (Lipinski definition) is 3. The van der Waals surface area contributed by atoms with Crippen molar-refractivity contribution in [1.82, 2.24) is 10.0 Å². The highest BCUT2D eigenvalue weighted by Gasteiger charge is 2.18. The van der Waals surface area contributed by atoms with Crippen LogP contribution in [0.1, 0.15) is 26.3 Å². The Balaban J connectivity index is 2.76. The molecule has 7 heteroatoms. The molecule has 1 rings (SSSR count). The third kappa shape index (κ3) is 4.82. The van der Waals surface area contributed by atoms with Crippen LogP contribution >= 0.6 is 0 Å². The van der Waals surface area contributed by atoms with E-state index in [0.717, 1.165) is 0 Å². The molecule has 0 unspecified atom stereocenters. The average Bonchev–Trinajstić information content (AvgIpc) is 2.28. The molecular weight excluding hydrogens is 278 g/mol. The van der Waals surface area contributed by atoms with Gasteiger partial charge in [-0.25, -0.2) is 13.1 Å². The van der Waals surface area contributed by atoms with Gasteiger partial charge in [0.2, 0.25) is 15.9 Å². The van der Waals surface area contributed by atoms with Crippen molar-refractivity contribution >= 4 is 21.6 Å². The number of aryl methyl sites for hydroxylation is 1. The molecule has 1 aromatic carbocycles. The highest BCUT2D eigenvalue weighted by Crippen LogP contribution is 2.16. The van der Waals surface area contributed by atoms with Gasteiger partial charge >= 0.3 is 0 Å². The van der Waals surface area contributed by atoms with Crippen molar-refractivity contribution in [2.45, 2.75) is 38.1 Å². The fourth-order valence-electron chi connectivity index (χ4n) is 1.52. The molecule has 20 heavy (non-hydrogen) atoms. The Morgan fingerprint density at radius 2 is 1.90 bits per heavy atom. The summed E-state index contributed by atoms with van der Waals surface area (Å²) in [5, 5.41) is 2.68. The Morgan fingerprint density at radius 1 is 1.30 bits per heavy atom. The summed E-state index contributed by atoms with van der Waals surface area (Å²) in [6.45, 7) is 6.89. The van der Waals surface area contributed by atoms with Crippen LogP contribution in [0.2, 0.25) is 0 Å². The lowest BCUT2D eigenvalue weighted by atomic mass is 10.1. The predicted octanol–water partition coefficient (Wildman–Crippen LogP) is 0.770. The summed E-state index contributed by atoms with van der Waals surface area (Å²) in [4.78, 5) is 11.7. The summed E-state index contributed by atoms with van der Waals surface area (Å²) >= 11 is 0. The smallest absolute Gasteiger partial charge is 0.241 e. The number of rotatable bonds is 4. The molecule has 0 aliphatic carbocycles. The van der Waals surface area contributed by atoms with Crippen LogP contribution in [0.25, 0.3) is 0 Å². The molecule has 0 heterocycles. The number of nitrogens with one attached hydrogen (secondary N) is 2. The maximum Gasteiger partial charge on any atom is 0.241 e. The Hall–Kier alpha value is -1.60. The van der Waals surface area contributed by atoms with Gasteiger partial charge in [-0.05, 0) is 51.5 Å². The molecule has 0 atom stereocenters. The first-order valence-corrected chi connectivity index (χ1v) is 7.66. The zero-order valence-corrected chi connectivity index (χ0v) is 13.0. The van der Waals surface area contributed by atoms with E-state index in [2.05, 4.69) is 10.0 Å².